The fourth-order valence-corrected chi connectivity index (χ4v) is 11.4. The van der Waals surface area contributed by atoms with Crippen molar-refractivity contribution in [3.05, 3.63) is 357 Å². The Morgan fingerprint density at radius 2 is 0.395 bits per heavy atom. The summed E-state index contributed by atoms with van der Waals surface area (Å²) >= 11 is 0. The molecule has 0 atom stereocenters. The number of hydrogen-bond acceptors (Lipinski definition) is 4. The van der Waals surface area contributed by atoms with Crippen LogP contribution in [0.3, 0.4) is 0 Å². The van der Waals surface area contributed by atoms with Crippen molar-refractivity contribution < 1.29 is 107 Å². The lowest BCUT2D eigenvalue weighted by Gasteiger charge is -2.19. The minimum Gasteiger partial charge on any atom is -0.429 e. The second-order valence-electron chi connectivity index (χ2n) is 26.0. The van der Waals surface area contributed by atoms with Gasteiger partial charge in [0.25, 0.3) is 0 Å². The standard InChI is InChI=1S/C24H21F5O.C23H19F5O.C22H17F5O.C21H15F5O/c1-2-3-4-5-16-6-8-17(9-7-16)18-10-12-19(13-11-18)24(28,29)30-20-14-21(25)23(27)22(26)15-20;1-2-3-4-15-5-7-16(8-6-15)17-9-11-18(12-10-17)23(27,28)29-19-13-20(24)22(26)21(25)14-19;1-2-3-14-4-6-15(7-5-14)16-8-10-17(11-9-16)22(26,27)28-18-12-19(23)21(25)20(24)13-18;1-2-13-3-5-14(6-4-13)15-7-9-16(10-8-15)21(25,26)27-17-11-18(22)20(24)19(23)12-17/h6-15H,2-5H2,1H3;5-14H,2-4H2,1H3;4-13H,2-3H2,1H3;3-12H,2H2,1H3. The molecule has 0 unspecified atom stereocenters. The number of aryl methyl sites for hydroxylation is 4. The first-order valence-electron chi connectivity index (χ1n) is 35.8. The van der Waals surface area contributed by atoms with E-state index in [-0.39, 0.29) is 0 Å². The zero-order chi connectivity index (χ0) is 82.7. The molecule has 12 aromatic rings. The summed E-state index contributed by atoms with van der Waals surface area (Å²) in [6, 6.07) is 55.8. The fourth-order valence-electron chi connectivity index (χ4n) is 11.4. The Morgan fingerprint density at radius 1 is 0.211 bits per heavy atom. The van der Waals surface area contributed by atoms with Gasteiger partial charge in [-0.15, -0.1) is 0 Å². The predicted octanol–water partition coefficient (Wildman–Crippen LogP) is 28.2. The van der Waals surface area contributed by atoms with Crippen LogP contribution in [0.25, 0.3) is 44.5 Å². The van der Waals surface area contributed by atoms with Crippen LogP contribution < -0.4 is 18.9 Å². The Kier molecular flexibility index (Phi) is 29.4. The van der Waals surface area contributed by atoms with Crippen LogP contribution in [0.1, 0.15) is 111 Å². The third-order valence-corrected chi connectivity index (χ3v) is 17.7. The van der Waals surface area contributed by atoms with E-state index < -0.39 is 139 Å². The second-order valence-corrected chi connectivity index (χ2v) is 26.0. The molecule has 0 saturated carbocycles. The highest BCUT2D eigenvalue weighted by Gasteiger charge is 2.39. The highest BCUT2D eigenvalue weighted by Crippen LogP contribution is 2.40. The van der Waals surface area contributed by atoms with Crippen molar-refractivity contribution >= 4 is 0 Å². The number of hydrogen-bond donors (Lipinski definition) is 0. The van der Waals surface area contributed by atoms with Gasteiger partial charge in [-0.3, -0.25) is 0 Å². The molecule has 24 heteroatoms. The van der Waals surface area contributed by atoms with Gasteiger partial charge in [-0.1, -0.05) is 199 Å². The summed E-state index contributed by atoms with van der Waals surface area (Å²) in [5.74, 6) is -23.0. The van der Waals surface area contributed by atoms with Crippen LogP contribution in [-0.4, -0.2) is 0 Å². The number of benzene rings is 12. The lowest BCUT2D eigenvalue weighted by molar-refractivity contribution is -0.186. The minimum atomic E-state index is -3.85. The first kappa shape index (κ1) is 86.4. The first-order chi connectivity index (χ1) is 54.2. The predicted molar refractivity (Wildman–Crippen MR) is 396 cm³/mol. The zero-order valence-electron chi connectivity index (χ0n) is 61.4. The molecule has 0 heterocycles. The van der Waals surface area contributed by atoms with Crippen LogP contribution in [0.15, 0.2) is 243 Å². The van der Waals surface area contributed by atoms with Gasteiger partial charge in [-0.05, 0) is 154 Å². The van der Waals surface area contributed by atoms with Crippen molar-refractivity contribution in [1.29, 1.82) is 0 Å². The third-order valence-electron chi connectivity index (χ3n) is 17.7. The van der Waals surface area contributed by atoms with Crippen molar-refractivity contribution in [3.8, 4) is 67.5 Å². The molecule has 0 N–H and O–H groups in total. The summed E-state index contributed by atoms with van der Waals surface area (Å²) in [5, 5.41) is 0. The molecule has 0 aliphatic carbocycles. The third kappa shape index (κ3) is 23.3. The second kappa shape index (κ2) is 38.8. The van der Waals surface area contributed by atoms with E-state index in [1.54, 1.807) is 0 Å². The van der Waals surface area contributed by atoms with E-state index in [4.69, 9.17) is 0 Å². The summed E-state index contributed by atoms with van der Waals surface area (Å²) in [4.78, 5) is 0. The van der Waals surface area contributed by atoms with Crippen molar-refractivity contribution in [3.63, 3.8) is 0 Å². The molecule has 0 bridgehead atoms. The number of ether oxygens (including phenoxy) is 4. The molecule has 0 saturated heterocycles. The zero-order valence-corrected chi connectivity index (χ0v) is 61.4. The Hall–Kier alpha value is -11.6. The number of rotatable bonds is 26. The van der Waals surface area contributed by atoms with E-state index in [2.05, 4.69) is 39.7 Å². The maximum atomic E-state index is 14.4. The summed E-state index contributed by atoms with van der Waals surface area (Å²) < 4.78 is 290. The molecule has 0 amide bonds. The van der Waals surface area contributed by atoms with E-state index in [0.717, 1.165) is 108 Å². The summed E-state index contributed by atoms with van der Waals surface area (Å²) in [6.07, 6.45) is -4.83. The average molecular weight is 1600 g/mol. The SMILES string of the molecule is CCCCCc1ccc(-c2ccc(C(F)(F)Oc3cc(F)c(F)c(F)c3)cc2)cc1.CCCCc1ccc(-c2ccc(C(F)(F)Oc3cc(F)c(F)c(F)c3)cc2)cc1.CCCc1ccc(-c2ccc(C(F)(F)Oc3cc(F)c(F)c(F)c3)cc2)cc1.CCc1ccc(-c2ccc(C(F)(F)Oc3cc(F)c(F)c(F)c3)cc2)cc1. The molecule has 0 aliphatic rings. The highest BCUT2D eigenvalue weighted by atomic mass is 19.3. The van der Waals surface area contributed by atoms with E-state index in [1.807, 2.05) is 104 Å². The Morgan fingerprint density at radius 3 is 0.588 bits per heavy atom. The molecule has 0 aromatic heterocycles. The quantitative estimate of drug-likeness (QED) is 0.0308. The van der Waals surface area contributed by atoms with E-state index in [0.29, 0.717) is 48.5 Å². The van der Waals surface area contributed by atoms with E-state index >= 15 is 0 Å². The van der Waals surface area contributed by atoms with Gasteiger partial charge in [0.15, 0.2) is 69.8 Å². The molecule has 12 aromatic carbocycles. The van der Waals surface area contributed by atoms with E-state index in [9.17, 15) is 87.8 Å². The van der Waals surface area contributed by atoms with Gasteiger partial charge in [0.05, 0.1) is 22.3 Å². The van der Waals surface area contributed by atoms with Crippen LogP contribution in [0.4, 0.5) is 87.8 Å². The first-order valence-corrected chi connectivity index (χ1v) is 35.8. The average Bonchev–Trinajstić information content (AvgIpc) is 0.818. The summed E-state index contributed by atoms with van der Waals surface area (Å²) in [6.45, 7) is 8.39. The van der Waals surface area contributed by atoms with Gasteiger partial charge in [0.2, 0.25) is 0 Å². The number of unbranched alkanes of at least 4 members (excludes halogenated alkanes) is 3. The lowest BCUT2D eigenvalue weighted by atomic mass is 10.0. The lowest BCUT2D eigenvalue weighted by Crippen LogP contribution is -2.22. The monoisotopic (exact) mass is 1600 g/mol. The summed E-state index contributed by atoms with van der Waals surface area (Å²) in [5.41, 5.74) is 9.27. The fraction of sp³-hybridized carbons (Fsp3) is 0.200. The van der Waals surface area contributed by atoms with Crippen LogP contribution in [0, 0.1) is 69.8 Å². The number of halogens is 20. The molecule has 0 fully saturated rings. The van der Waals surface area contributed by atoms with Gasteiger partial charge < -0.3 is 18.9 Å². The molecule has 0 radical (unpaired) electrons. The van der Waals surface area contributed by atoms with E-state index in [1.165, 1.54) is 120 Å². The van der Waals surface area contributed by atoms with Crippen molar-refractivity contribution in [2.24, 2.45) is 0 Å². The maximum absolute atomic E-state index is 14.4. The molecule has 114 heavy (non-hydrogen) atoms. The van der Waals surface area contributed by atoms with Gasteiger partial charge in [0, 0.05) is 48.5 Å². The van der Waals surface area contributed by atoms with Gasteiger partial charge in [-0.2, -0.15) is 35.1 Å². The summed E-state index contributed by atoms with van der Waals surface area (Å²) in [7, 11) is 0. The van der Waals surface area contributed by atoms with Crippen LogP contribution in [0.2, 0.25) is 0 Å². The molecule has 0 aliphatic heterocycles. The normalized spacial score (nSPS) is 11.5. The van der Waals surface area contributed by atoms with Crippen molar-refractivity contribution in [1.82, 2.24) is 0 Å². The van der Waals surface area contributed by atoms with Crippen LogP contribution in [-0.2, 0) is 50.1 Å². The van der Waals surface area contributed by atoms with Gasteiger partial charge in [-0.25, -0.2) is 52.7 Å². The molecule has 0 spiro atoms. The molecule has 12 rings (SSSR count). The van der Waals surface area contributed by atoms with Crippen molar-refractivity contribution in [2.45, 2.75) is 116 Å². The molecule has 4 nitrogen and oxygen atoms in total. The highest BCUT2D eigenvalue weighted by molar-refractivity contribution is 5.67. The Labute approximate surface area is 644 Å². The molecule has 596 valence electrons. The largest absolute Gasteiger partial charge is 0.429 e. The van der Waals surface area contributed by atoms with Crippen molar-refractivity contribution in [2.75, 3.05) is 0 Å². The topological polar surface area (TPSA) is 36.9 Å². The Balaban J connectivity index is 0.000000174. The minimum absolute atomic E-state index is 0.371. The molecular formula is C90H72F20O4. The van der Waals surface area contributed by atoms with Crippen LogP contribution in [0.5, 0.6) is 23.0 Å². The smallest absolute Gasteiger partial charge is 0.426 e. The van der Waals surface area contributed by atoms with Gasteiger partial charge in [0.1, 0.15) is 23.0 Å². The molecular weight excluding hydrogens is 1520 g/mol. The van der Waals surface area contributed by atoms with Crippen LogP contribution >= 0.6 is 0 Å². The maximum Gasteiger partial charge on any atom is 0.426 e. The number of alkyl halides is 8. The van der Waals surface area contributed by atoms with Gasteiger partial charge >= 0.3 is 24.4 Å². The Bertz CT molecular complexity index is 5030.